The molecule has 2 N–H and O–H groups in total. The monoisotopic (exact) mass is 367 g/mol. The number of aromatic amines is 1. The number of tetrazole rings is 1. The highest BCUT2D eigenvalue weighted by molar-refractivity contribution is 5.77. The molecule has 0 atom stereocenters. The van der Waals surface area contributed by atoms with Crippen molar-refractivity contribution in [2.24, 2.45) is 0 Å². The summed E-state index contributed by atoms with van der Waals surface area (Å²) in [5.74, 6) is 0.431. The Morgan fingerprint density at radius 2 is 2.04 bits per heavy atom. The van der Waals surface area contributed by atoms with Crippen molar-refractivity contribution in [2.75, 3.05) is 6.61 Å². The van der Waals surface area contributed by atoms with Gasteiger partial charge in [-0.25, -0.2) is 4.68 Å². The van der Waals surface area contributed by atoms with Crippen molar-refractivity contribution < 1.29 is 9.53 Å². The average Bonchev–Trinajstić information content (AvgIpc) is 3.30. The highest BCUT2D eigenvalue weighted by Gasteiger charge is 2.16. The molecule has 1 aliphatic rings. The SMILES string of the molecule is O=C(COc1ccc(-n2cnnn2)cc1)NCc1n[nH]c2c1CCCCC2. The van der Waals surface area contributed by atoms with Crippen LogP contribution < -0.4 is 10.1 Å². The van der Waals surface area contributed by atoms with Gasteiger partial charge in [0, 0.05) is 5.69 Å². The van der Waals surface area contributed by atoms with Gasteiger partial charge in [-0.15, -0.1) is 5.10 Å². The molecule has 0 fully saturated rings. The fourth-order valence-corrected chi connectivity index (χ4v) is 3.23. The van der Waals surface area contributed by atoms with Crippen molar-refractivity contribution in [1.82, 2.24) is 35.7 Å². The Morgan fingerprint density at radius 3 is 2.85 bits per heavy atom. The molecule has 9 heteroatoms. The summed E-state index contributed by atoms with van der Waals surface area (Å²) in [6.45, 7) is 0.378. The molecule has 3 aromatic rings. The van der Waals surface area contributed by atoms with E-state index in [0.29, 0.717) is 12.3 Å². The zero-order valence-electron chi connectivity index (χ0n) is 14.9. The van der Waals surface area contributed by atoms with Gasteiger partial charge in [-0.2, -0.15) is 5.10 Å². The van der Waals surface area contributed by atoms with Crippen LogP contribution in [0.1, 0.15) is 36.2 Å². The fraction of sp³-hybridized carbons (Fsp3) is 0.389. The van der Waals surface area contributed by atoms with Crippen molar-refractivity contribution in [3.05, 3.63) is 47.5 Å². The van der Waals surface area contributed by atoms with E-state index in [1.165, 1.54) is 36.8 Å². The van der Waals surface area contributed by atoms with E-state index in [0.717, 1.165) is 24.2 Å². The number of hydrogen-bond donors (Lipinski definition) is 2. The summed E-state index contributed by atoms with van der Waals surface area (Å²) in [5.41, 5.74) is 4.24. The summed E-state index contributed by atoms with van der Waals surface area (Å²) in [7, 11) is 0. The molecule has 4 rings (SSSR count). The van der Waals surface area contributed by atoms with Crippen molar-refractivity contribution in [3.63, 3.8) is 0 Å². The van der Waals surface area contributed by atoms with E-state index in [1.807, 2.05) is 12.1 Å². The van der Waals surface area contributed by atoms with E-state index in [9.17, 15) is 4.79 Å². The molecular formula is C18H21N7O2. The van der Waals surface area contributed by atoms with Crippen LogP contribution in [0, 0.1) is 0 Å². The molecule has 27 heavy (non-hydrogen) atoms. The van der Waals surface area contributed by atoms with E-state index < -0.39 is 0 Å². The van der Waals surface area contributed by atoms with Gasteiger partial charge in [0.15, 0.2) is 6.61 Å². The van der Waals surface area contributed by atoms with Crippen LogP contribution >= 0.6 is 0 Å². The van der Waals surface area contributed by atoms with Crippen LogP contribution in [0.2, 0.25) is 0 Å². The topological polar surface area (TPSA) is 111 Å². The highest BCUT2D eigenvalue weighted by atomic mass is 16.5. The number of ether oxygens (including phenoxy) is 1. The third kappa shape index (κ3) is 4.13. The minimum absolute atomic E-state index is 0.0448. The maximum atomic E-state index is 12.1. The van der Waals surface area contributed by atoms with Crippen LogP contribution in [0.25, 0.3) is 5.69 Å². The minimum Gasteiger partial charge on any atom is -0.484 e. The van der Waals surface area contributed by atoms with Gasteiger partial charge in [-0.1, -0.05) is 6.42 Å². The number of aromatic nitrogens is 6. The number of fused-ring (bicyclic) bond motifs is 1. The first-order chi connectivity index (χ1) is 13.3. The normalized spacial score (nSPS) is 13.6. The molecule has 9 nitrogen and oxygen atoms in total. The second-order valence-corrected chi connectivity index (χ2v) is 6.50. The molecule has 0 saturated heterocycles. The second kappa shape index (κ2) is 7.98. The Hall–Kier alpha value is -3.23. The number of carbonyl (C=O) groups is 1. The zero-order chi connectivity index (χ0) is 18.5. The number of benzene rings is 1. The third-order valence-corrected chi connectivity index (χ3v) is 4.67. The molecule has 0 bridgehead atoms. The van der Waals surface area contributed by atoms with Gasteiger partial charge >= 0.3 is 0 Å². The van der Waals surface area contributed by atoms with Gasteiger partial charge in [0.25, 0.3) is 5.91 Å². The Balaban J connectivity index is 1.27. The van der Waals surface area contributed by atoms with E-state index in [1.54, 1.807) is 16.8 Å². The van der Waals surface area contributed by atoms with E-state index >= 15 is 0 Å². The molecule has 2 heterocycles. The summed E-state index contributed by atoms with van der Waals surface area (Å²) in [5, 5.41) is 21.4. The van der Waals surface area contributed by atoms with Crippen LogP contribution in [0.15, 0.2) is 30.6 Å². The smallest absolute Gasteiger partial charge is 0.258 e. The maximum absolute atomic E-state index is 12.1. The largest absolute Gasteiger partial charge is 0.484 e. The summed E-state index contributed by atoms with van der Waals surface area (Å²) in [6, 6.07) is 7.20. The lowest BCUT2D eigenvalue weighted by atomic mass is 10.1. The zero-order valence-corrected chi connectivity index (χ0v) is 14.9. The van der Waals surface area contributed by atoms with Gasteiger partial charge in [0.05, 0.1) is 17.9 Å². The van der Waals surface area contributed by atoms with E-state index in [4.69, 9.17) is 4.74 Å². The number of aryl methyl sites for hydroxylation is 1. The number of rotatable bonds is 6. The van der Waals surface area contributed by atoms with E-state index in [2.05, 4.69) is 31.0 Å². The Labute approximate surface area is 156 Å². The summed E-state index contributed by atoms with van der Waals surface area (Å²) in [6.07, 6.45) is 7.20. The molecule has 0 radical (unpaired) electrons. The number of H-pyrrole nitrogens is 1. The number of nitrogens with zero attached hydrogens (tertiary/aromatic N) is 5. The number of hydrogen-bond acceptors (Lipinski definition) is 6. The molecule has 0 spiro atoms. The highest BCUT2D eigenvalue weighted by Crippen LogP contribution is 2.21. The Morgan fingerprint density at radius 1 is 1.19 bits per heavy atom. The second-order valence-electron chi connectivity index (χ2n) is 6.50. The number of nitrogens with one attached hydrogen (secondary N) is 2. The first-order valence-electron chi connectivity index (χ1n) is 9.07. The van der Waals surface area contributed by atoms with Gasteiger partial charge in [0.2, 0.25) is 0 Å². The predicted octanol–water partition coefficient (Wildman–Crippen LogP) is 1.35. The Kier molecular flexibility index (Phi) is 5.08. The molecule has 0 unspecified atom stereocenters. The molecule has 1 aliphatic carbocycles. The van der Waals surface area contributed by atoms with Crippen LogP contribution in [0.5, 0.6) is 5.75 Å². The van der Waals surface area contributed by atoms with Crippen LogP contribution in [0.3, 0.4) is 0 Å². The van der Waals surface area contributed by atoms with Crippen LogP contribution in [-0.4, -0.2) is 42.9 Å². The fourth-order valence-electron chi connectivity index (χ4n) is 3.23. The predicted molar refractivity (Wildman–Crippen MR) is 96.3 cm³/mol. The van der Waals surface area contributed by atoms with Crippen LogP contribution in [-0.2, 0) is 24.2 Å². The first kappa shape index (κ1) is 17.2. The lowest BCUT2D eigenvalue weighted by Gasteiger charge is -2.08. The lowest BCUT2D eigenvalue weighted by Crippen LogP contribution is -2.28. The van der Waals surface area contributed by atoms with Crippen LogP contribution in [0.4, 0.5) is 0 Å². The number of carbonyl (C=O) groups excluding carboxylic acids is 1. The van der Waals surface area contributed by atoms with Crippen molar-refractivity contribution in [1.29, 1.82) is 0 Å². The molecule has 1 aromatic carbocycles. The molecular weight excluding hydrogens is 346 g/mol. The van der Waals surface area contributed by atoms with Gasteiger partial charge in [-0.3, -0.25) is 9.89 Å². The molecule has 0 aliphatic heterocycles. The van der Waals surface area contributed by atoms with E-state index in [-0.39, 0.29) is 12.5 Å². The maximum Gasteiger partial charge on any atom is 0.258 e. The van der Waals surface area contributed by atoms with Gasteiger partial charge in [-0.05, 0) is 65.9 Å². The molecule has 0 saturated carbocycles. The summed E-state index contributed by atoms with van der Waals surface area (Å²) >= 11 is 0. The average molecular weight is 367 g/mol. The van der Waals surface area contributed by atoms with Crippen molar-refractivity contribution in [2.45, 2.75) is 38.6 Å². The lowest BCUT2D eigenvalue weighted by molar-refractivity contribution is -0.123. The number of amides is 1. The minimum atomic E-state index is -0.176. The summed E-state index contributed by atoms with van der Waals surface area (Å²) < 4.78 is 7.09. The standard InChI is InChI=1S/C18H21N7O2/c26-18(19-10-17-15-4-2-1-3-5-16(15)21-22-17)11-27-14-8-6-13(7-9-14)25-12-20-23-24-25/h6-9,12H,1-5,10-11H2,(H,19,26)(H,21,22). The Bertz CT molecular complexity index is 887. The summed E-state index contributed by atoms with van der Waals surface area (Å²) in [4.78, 5) is 12.1. The quantitative estimate of drug-likeness (QED) is 0.636. The van der Waals surface area contributed by atoms with Gasteiger partial charge < -0.3 is 10.1 Å². The third-order valence-electron chi connectivity index (χ3n) is 4.67. The van der Waals surface area contributed by atoms with Gasteiger partial charge in [0.1, 0.15) is 12.1 Å². The molecule has 1 amide bonds. The first-order valence-corrected chi connectivity index (χ1v) is 9.07. The van der Waals surface area contributed by atoms with Crippen molar-refractivity contribution in [3.8, 4) is 11.4 Å². The molecule has 2 aromatic heterocycles. The molecule has 140 valence electrons. The van der Waals surface area contributed by atoms with Crippen molar-refractivity contribution >= 4 is 5.91 Å².